The first-order chi connectivity index (χ1) is 18.9. The van der Waals surface area contributed by atoms with Crippen molar-refractivity contribution in [1.29, 1.82) is 0 Å². The van der Waals surface area contributed by atoms with Gasteiger partial charge in [-0.05, 0) is 35.4 Å². The van der Waals surface area contributed by atoms with Gasteiger partial charge in [0.15, 0.2) is 17.3 Å². The molecule has 4 aromatic rings. The number of ether oxygens (including phenoxy) is 1. The molecule has 0 saturated carbocycles. The number of primary amides is 1. The van der Waals surface area contributed by atoms with Crippen molar-refractivity contribution >= 4 is 35.0 Å². The second-order valence-electron chi connectivity index (χ2n) is 9.07. The average molecular weight is 535 g/mol. The van der Waals surface area contributed by atoms with Crippen molar-refractivity contribution in [3.63, 3.8) is 0 Å². The topological polar surface area (TPSA) is 114 Å². The summed E-state index contributed by atoms with van der Waals surface area (Å²) >= 11 is 0. The lowest BCUT2D eigenvalue weighted by Crippen LogP contribution is -2.47. The minimum atomic E-state index is -1.000. The number of benzene rings is 2. The van der Waals surface area contributed by atoms with E-state index in [1.165, 1.54) is 23.0 Å². The average Bonchev–Trinajstić information content (AvgIpc) is 3.37. The Morgan fingerprint density at radius 2 is 1.97 bits per heavy atom. The van der Waals surface area contributed by atoms with E-state index < -0.39 is 17.5 Å². The highest BCUT2D eigenvalue weighted by atomic mass is 19.2. The Morgan fingerprint density at radius 3 is 2.74 bits per heavy atom. The molecule has 2 aromatic heterocycles. The van der Waals surface area contributed by atoms with Crippen LogP contribution in [-0.2, 0) is 9.53 Å². The Hall–Kier alpha value is -4.42. The SMILES string of the molecule is COCCN1CCN(c2ccc(Nc3ncn4ncc(-c5cccc(C=CC(N)=O)c5)c4n3)c(F)c2F)CC1. The Balaban J connectivity index is 1.35. The van der Waals surface area contributed by atoms with Crippen molar-refractivity contribution in [3.05, 3.63) is 72.2 Å². The Kier molecular flexibility index (Phi) is 7.75. The van der Waals surface area contributed by atoms with Gasteiger partial charge in [-0.25, -0.2) is 18.3 Å². The molecule has 3 N–H and O–H groups in total. The van der Waals surface area contributed by atoms with Gasteiger partial charge in [-0.3, -0.25) is 9.69 Å². The van der Waals surface area contributed by atoms with Gasteiger partial charge in [0.1, 0.15) is 6.33 Å². The number of piperazine rings is 1. The van der Waals surface area contributed by atoms with Gasteiger partial charge < -0.3 is 20.7 Å². The number of nitrogens with two attached hydrogens (primary N) is 1. The number of anilines is 3. The standard InChI is InChI=1S/C27H28F2N8O2/c1-39-14-13-35-9-11-36(12-10-35)22-7-6-21(24(28)25(22)29)33-27-31-17-37-26(34-27)20(16-32-37)19-4-2-3-18(15-19)5-8-23(30)38/h2-8,15-17H,9-14H2,1H3,(H2,30,38)(H,33,34). The molecule has 5 rings (SSSR count). The quantitative estimate of drug-likeness (QED) is 0.315. The van der Waals surface area contributed by atoms with Crippen LogP contribution in [0.5, 0.6) is 0 Å². The molecule has 0 radical (unpaired) electrons. The monoisotopic (exact) mass is 534 g/mol. The number of fused-ring (bicyclic) bond motifs is 1. The first-order valence-electron chi connectivity index (χ1n) is 12.4. The van der Waals surface area contributed by atoms with Gasteiger partial charge in [0.25, 0.3) is 0 Å². The zero-order valence-electron chi connectivity index (χ0n) is 21.3. The molecule has 3 heterocycles. The van der Waals surface area contributed by atoms with Crippen LogP contribution in [0.25, 0.3) is 22.9 Å². The van der Waals surface area contributed by atoms with Gasteiger partial charge in [-0.1, -0.05) is 18.2 Å². The van der Waals surface area contributed by atoms with Gasteiger partial charge >= 0.3 is 0 Å². The van der Waals surface area contributed by atoms with Gasteiger partial charge in [0.05, 0.1) is 24.2 Å². The fourth-order valence-corrected chi connectivity index (χ4v) is 4.48. The summed E-state index contributed by atoms with van der Waals surface area (Å²) < 4.78 is 36.8. The number of hydrogen-bond acceptors (Lipinski definition) is 8. The minimum absolute atomic E-state index is 0.0704. The summed E-state index contributed by atoms with van der Waals surface area (Å²) in [6, 6.07) is 10.5. The molecule has 39 heavy (non-hydrogen) atoms. The maximum absolute atomic E-state index is 15.1. The Labute approximate surface area is 223 Å². The van der Waals surface area contributed by atoms with Gasteiger partial charge in [-0.15, -0.1) is 0 Å². The van der Waals surface area contributed by atoms with Crippen molar-refractivity contribution in [2.24, 2.45) is 5.73 Å². The molecule has 10 nitrogen and oxygen atoms in total. The van der Waals surface area contributed by atoms with E-state index in [1.807, 2.05) is 29.2 Å². The second kappa shape index (κ2) is 11.5. The summed E-state index contributed by atoms with van der Waals surface area (Å²) in [7, 11) is 1.66. The number of amides is 1. The highest BCUT2D eigenvalue weighted by molar-refractivity contribution is 5.90. The third kappa shape index (κ3) is 5.86. The molecule has 202 valence electrons. The number of aromatic nitrogens is 4. The van der Waals surface area contributed by atoms with E-state index in [9.17, 15) is 4.79 Å². The third-order valence-electron chi connectivity index (χ3n) is 6.54. The molecular weight excluding hydrogens is 506 g/mol. The summed E-state index contributed by atoms with van der Waals surface area (Å²) in [4.78, 5) is 23.8. The van der Waals surface area contributed by atoms with Crippen molar-refractivity contribution in [2.75, 3.05) is 56.7 Å². The molecule has 0 aliphatic carbocycles. The molecule has 1 aliphatic heterocycles. The number of nitrogens with one attached hydrogen (secondary N) is 1. The van der Waals surface area contributed by atoms with E-state index in [2.05, 4.69) is 25.3 Å². The lowest BCUT2D eigenvalue weighted by molar-refractivity contribution is -0.113. The molecule has 0 atom stereocenters. The van der Waals surface area contributed by atoms with Crippen LogP contribution < -0.4 is 16.0 Å². The smallest absolute Gasteiger partial charge is 0.241 e. The van der Waals surface area contributed by atoms with Gasteiger partial charge in [-0.2, -0.15) is 10.1 Å². The number of hydrogen-bond donors (Lipinski definition) is 2. The molecule has 1 saturated heterocycles. The number of halogens is 2. The molecule has 0 bridgehead atoms. The maximum atomic E-state index is 15.1. The van der Waals surface area contributed by atoms with Crippen molar-refractivity contribution in [2.45, 2.75) is 0 Å². The summed E-state index contributed by atoms with van der Waals surface area (Å²) in [5, 5.41) is 7.08. The van der Waals surface area contributed by atoms with Crippen LogP contribution in [0.4, 0.5) is 26.1 Å². The number of rotatable bonds is 9. The van der Waals surface area contributed by atoms with Crippen molar-refractivity contribution in [1.82, 2.24) is 24.5 Å². The van der Waals surface area contributed by atoms with Crippen molar-refractivity contribution in [3.8, 4) is 11.1 Å². The number of nitrogens with zero attached hydrogens (tertiary/aromatic N) is 6. The maximum Gasteiger partial charge on any atom is 0.241 e. The molecule has 2 aromatic carbocycles. The molecule has 1 amide bonds. The second-order valence-corrected chi connectivity index (χ2v) is 9.07. The van der Waals surface area contributed by atoms with E-state index >= 15 is 8.78 Å². The lowest BCUT2D eigenvalue weighted by atomic mass is 10.1. The lowest BCUT2D eigenvalue weighted by Gasteiger charge is -2.36. The Morgan fingerprint density at radius 1 is 1.15 bits per heavy atom. The zero-order chi connectivity index (χ0) is 27.4. The van der Waals surface area contributed by atoms with E-state index in [0.29, 0.717) is 30.9 Å². The zero-order valence-corrected chi connectivity index (χ0v) is 21.3. The number of carbonyl (C=O) groups is 1. The van der Waals surface area contributed by atoms with E-state index in [1.54, 1.807) is 25.4 Å². The largest absolute Gasteiger partial charge is 0.383 e. The summed E-state index contributed by atoms with van der Waals surface area (Å²) in [5.41, 5.74) is 8.08. The van der Waals surface area contributed by atoms with E-state index in [4.69, 9.17) is 10.5 Å². The highest BCUT2D eigenvalue weighted by Gasteiger charge is 2.23. The third-order valence-corrected chi connectivity index (χ3v) is 6.54. The van der Waals surface area contributed by atoms with Gasteiger partial charge in [0.2, 0.25) is 11.9 Å². The van der Waals surface area contributed by atoms with Crippen LogP contribution in [0, 0.1) is 11.6 Å². The molecule has 1 fully saturated rings. The first kappa shape index (κ1) is 26.2. The van der Waals surface area contributed by atoms with Crippen LogP contribution in [0.2, 0.25) is 0 Å². The molecule has 1 aliphatic rings. The van der Waals surface area contributed by atoms with Gasteiger partial charge in [0, 0.05) is 51.5 Å². The Bertz CT molecular complexity index is 1520. The predicted octanol–water partition coefficient (Wildman–Crippen LogP) is 3.08. The predicted molar refractivity (Wildman–Crippen MR) is 145 cm³/mol. The number of methoxy groups -OCH3 is 1. The molecular formula is C27H28F2N8O2. The summed E-state index contributed by atoms with van der Waals surface area (Å²) in [6.45, 7) is 4.13. The fraction of sp³-hybridized carbons (Fsp3) is 0.259. The first-order valence-corrected chi connectivity index (χ1v) is 12.4. The van der Waals surface area contributed by atoms with Crippen LogP contribution in [0.15, 0.2) is 55.0 Å². The molecule has 0 spiro atoms. The summed E-state index contributed by atoms with van der Waals surface area (Å²) in [6.07, 6.45) is 5.97. The van der Waals surface area contributed by atoms with Crippen molar-refractivity contribution < 1.29 is 18.3 Å². The fourth-order valence-electron chi connectivity index (χ4n) is 4.48. The van der Waals surface area contributed by atoms with Crippen LogP contribution in [-0.4, -0.2) is 76.8 Å². The van der Waals surface area contributed by atoms with Crippen LogP contribution in [0.3, 0.4) is 0 Å². The molecule has 12 heteroatoms. The molecule has 0 unspecified atom stereocenters. The van der Waals surface area contributed by atoms with Crippen LogP contribution in [0.1, 0.15) is 5.56 Å². The van der Waals surface area contributed by atoms with E-state index in [0.717, 1.165) is 30.8 Å². The normalized spacial score (nSPS) is 14.4. The summed E-state index contributed by atoms with van der Waals surface area (Å²) in [5.74, 6) is -2.37. The minimum Gasteiger partial charge on any atom is -0.383 e. The van der Waals surface area contributed by atoms with Crippen LogP contribution >= 0.6 is 0 Å². The number of carbonyl (C=O) groups excluding carboxylic acids is 1. The van der Waals surface area contributed by atoms with E-state index in [-0.39, 0.29) is 17.3 Å². The highest BCUT2D eigenvalue weighted by Crippen LogP contribution is 2.30.